The molecule has 1 aliphatic heterocycles. The van der Waals surface area contributed by atoms with Crippen LogP contribution >= 0.6 is 0 Å². The fourth-order valence-electron chi connectivity index (χ4n) is 3.17. The van der Waals surface area contributed by atoms with E-state index in [4.69, 9.17) is 4.74 Å². The van der Waals surface area contributed by atoms with Crippen molar-refractivity contribution in [1.29, 1.82) is 0 Å². The highest BCUT2D eigenvalue weighted by molar-refractivity contribution is 5.94. The summed E-state index contributed by atoms with van der Waals surface area (Å²) in [7, 11) is 3.69. The molecule has 2 heterocycles. The number of carbonyl (C=O) groups is 1. The Labute approximate surface area is 149 Å². The maximum absolute atomic E-state index is 12.8. The number of methoxy groups -OCH3 is 1. The first-order valence-corrected chi connectivity index (χ1v) is 8.73. The molecule has 1 saturated heterocycles. The molecule has 6 heteroatoms. The molecule has 1 fully saturated rings. The molecule has 1 aromatic carbocycles. The van der Waals surface area contributed by atoms with Crippen LogP contribution in [0.5, 0.6) is 0 Å². The zero-order chi connectivity index (χ0) is 17.6. The SMILES string of the molecule is COCc1ccc(C(=O)N2CCCN(Cc3nccn3C)CC2)cc1. The summed E-state index contributed by atoms with van der Waals surface area (Å²) in [4.78, 5) is 21.5. The fraction of sp³-hybridized carbons (Fsp3) is 0.474. The normalized spacial score (nSPS) is 16.0. The Morgan fingerprint density at radius 1 is 1.16 bits per heavy atom. The maximum Gasteiger partial charge on any atom is 0.253 e. The van der Waals surface area contributed by atoms with Crippen LogP contribution in [-0.2, 0) is 24.9 Å². The third-order valence-electron chi connectivity index (χ3n) is 4.67. The average molecular weight is 342 g/mol. The summed E-state index contributed by atoms with van der Waals surface area (Å²) >= 11 is 0. The molecule has 0 aliphatic carbocycles. The minimum Gasteiger partial charge on any atom is -0.380 e. The number of amides is 1. The monoisotopic (exact) mass is 342 g/mol. The van der Waals surface area contributed by atoms with E-state index in [0.717, 1.165) is 56.1 Å². The van der Waals surface area contributed by atoms with Crippen molar-refractivity contribution in [2.45, 2.75) is 19.6 Å². The summed E-state index contributed by atoms with van der Waals surface area (Å²) in [5.74, 6) is 1.18. The van der Waals surface area contributed by atoms with Crippen LogP contribution in [0.25, 0.3) is 0 Å². The van der Waals surface area contributed by atoms with E-state index in [0.29, 0.717) is 6.61 Å². The van der Waals surface area contributed by atoms with Crippen molar-refractivity contribution in [2.24, 2.45) is 7.05 Å². The Balaban J connectivity index is 1.58. The van der Waals surface area contributed by atoms with Crippen LogP contribution in [0.15, 0.2) is 36.7 Å². The molecule has 1 aromatic heterocycles. The van der Waals surface area contributed by atoms with Crippen LogP contribution in [0.1, 0.15) is 28.2 Å². The number of hydrogen-bond acceptors (Lipinski definition) is 4. The van der Waals surface area contributed by atoms with Gasteiger partial charge in [0.2, 0.25) is 0 Å². The minimum absolute atomic E-state index is 0.114. The van der Waals surface area contributed by atoms with E-state index < -0.39 is 0 Å². The molecule has 6 nitrogen and oxygen atoms in total. The van der Waals surface area contributed by atoms with Gasteiger partial charge in [0.15, 0.2) is 0 Å². The lowest BCUT2D eigenvalue weighted by Crippen LogP contribution is -2.35. The molecule has 2 aromatic rings. The van der Waals surface area contributed by atoms with Crippen LogP contribution in [0.3, 0.4) is 0 Å². The van der Waals surface area contributed by atoms with Gasteiger partial charge in [0.25, 0.3) is 5.91 Å². The van der Waals surface area contributed by atoms with Crippen molar-refractivity contribution in [1.82, 2.24) is 19.4 Å². The molecule has 0 radical (unpaired) electrons. The summed E-state index contributed by atoms with van der Waals surface area (Å²) in [6.45, 7) is 4.82. The first-order valence-electron chi connectivity index (χ1n) is 8.73. The summed E-state index contributed by atoms with van der Waals surface area (Å²) < 4.78 is 7.17. The Morgan fingerprint density at radius 2 is 1.96 bits per heavy atom. The summed E-state index contributed by atoms with van der Waals surface area (Å²) in [5.41, 5.74) is 1.83. The van der Waals surface area contributed by atoms with Gasteiger partial charge in [-0.15, -0.1) is 0 Å². The third kappa shape index (κ3) is 4.46. The van der Waals surface area contributed by atoms with Crippen molar-refractivity contribution in [2.75, 3.05) is 33.3 Å². The third-order valence-corrected chi connectivity index (χ3v) is 4.67. The van der Waals surface area contributed by atoms with Gasteiger partial charge >= 0.3 is 0 Å². The van der Waals surface area contributed by atoms with Crippen LogP contribution in [0.2, 0.25) is 0 Å². The standard InChI is InChI=1S/C19H26N4O2/c1-21-11-8-20-18(21)14-22-9-3-10-23(13-12-22)19(24)17-6-4-16(5-7-17)15-25-2/h4-8,11H,3,9-10,12-15H2,1-2H3. The lowest BCUT2D eigenvalue weighted by molar-refractivity contribution is 0.0761. The number of ether oxygens (including phenoxy) is 1. The largest absolute Gasteiger partial charge is 0.380 e. The van der Waals surface area contributed by atoms with Gasteiger partial charge in [0.1, 0.15) is 5.82 Å². The fourth-order valence-corrected chi connectivity index (χ4v) is 3.17. The molecule has 0 saturated carbocycles. The number of hydrogen-bond donors (Lipinski definition) is 0. The lowest BCUT2D eigenvalue weighted by Gasteiger charge is -2.22. The van der Waals surface area contributed by atoms with E-state index in [-0.39, 0.29) is 5.91 Å². The van der Waals surface area contributed by atoms with Gasteiger partial charge in [-0.2, -0.15) is 0 Å². The second-order valence-electron chi connectivity index (χ2n) is 6.51. The number of aryl methyl sites for hydroxylation is 1. The highest BCUT2D eigenvalue weighted by atomic mass is 16.5. The van der Waals surface area contributed by atoms with Crippen molar-refractivity contribution in [3.63, 3.8) is 0 Å². The van der Waals surface area contributed by atoms with Crippen LogP contribution in [0, 0.1) is 0 Å². The van der Waals surface area contributed by atoms with Gasteiger partial charge in [-0.05, 0) is 24.1 Å². The highest BCUT2D eigenvalue weighted by Crippen LogP contribution is 2.12. The zero-order valence-electron chi connectivity index (χ0n) is 15.0. The molecule has 1 amide bonds. The molecule has 0 N–H and O–H groups in total. The summed E-state index contributed by atoms with van der Waals surface area (Å²) in [5, 5.41) is 0. The Bertz CT molecular complexity index is 696. The van der Waals surface area contributed by atoms with Crippen molar-refractivity contribution >= 4 is 5.91 Å². The molecule has 0 bridgehead atoms. The molecular weight excluding hydrogens is 316 g/mol. The van der Waals surface area contributed by atoms with E-state index in [1.807, 2.05) is 48.6 Å². The van der Waals surface area contributed by atoms with E-state index in [9.17, 15) is 4.79 Å². The second-order valence-corrected chi connectivity index (χ2v) is 6.51. The second kappa shape index (κ2) is 8.27. The number of benzene rings is 1. The minimum atomic E-state index is 0.114. The van der Waals surface area contributed by atoms with Gasteiger partial charge < -0.3 is 14.2 Å². The molecule has 134 valence electrons. The van der Waals surface area contributed by atoms with Crippen LogP contribution in [-0.4, -0.2) is 58.5 Å². The van der Waals surface area contributed by atoms with Gasteiger partial charge in [-0.3, -0.25) is 9.69 Å². The molecule has 0 spiro atoms. The average Bonchev–Trinajstić information content (AvgIpc) is 2.88. The first kappa shape index (κ1) is 17.6. The topological polar surface area (TPSA) is 50.6 Å². The molecule has 0 unspecified atom stereocenters. The van der Waals surface area contributed by atoms with Crippen LogP contribution < -0.4 is 0 Å². The van der Waals surface area contributed by atoms with Crippen molar-refractivity contribution in [3.8, 4) is 0 Å². The van der Waals surface area contributed by atoms with Gasteiger partial charge in [0, 0.05) is 58.3 Å². The number of rotatable bonds is 5. The van der Waals surface area contributed by atoms with Crippen LogP contribution in [0.4, 0.5) is 0 Å². The van der Waals surface area contributed by atoms with Gasteiger partial charge in [-0.1, -0.05) is 12.1 Å². The number of imidazole rings is 1. The Hall–Kier alpha value is -2.18. The van der Waals surface area contributed by atoms with Crippen molar-refractivity contribution in [3.05, 3.63) is 53.6 Å². The van der Waals surface area contributed by atoms with E-state index in [1.54, 1.807) is 7.11 Å². The molecule has 3 rings (SSSR count). The number of nitrogens with zero attached hydrogens (tertiary/aromatic N) is 4. The molecule has 1 aliphatic rings. The maximum atomic E-state index is 12.8. The number of carbonyl (C=O) groups excluding carboxylic acids is 1. The smallest absolute Gasteiger partial charge is 0.253 e. The highest BCUT2D eigenvalue weighted by Gasteiger charge is 2.21. The van der Waals surface area contributed by atoms with Gasteiger partial charge in [0.05, 0.1) is 13.2 Å². The first-order chi connectivity index (χ1) is 12.2. The Morgan fingerprint density at radius 3 is 2.64 bits per heavy atom. The zero-order valence-corrected chi connectivity index (χ0v) is 15.0. The van der Waals surface area contributed by atoms with E-state index in [1.165, 1.54) is 0 Å². The van der Waals surface area contributed by atoms with Gasteiger partial charge in [-0.25, -0.2) is 4.98 Å². The molecular formula is C19H26N4O2. The summed E-state index contributed by atoms with van der Waals surface area (Å²) in [6.07, 6.45) is 4.78. The van der Waals surface area contributed by atoms with E-state index >= 15 is 0 Å². The van der Waals surface area contributed by atoms with E-state index in [2.05, 4.69) is 14.5 Å². The van der Waals surface area contributed by atoms with Crippen molar-refractivity contribution < 1.29 is 9.53 Å². The predicted molar refractivity (Wildman–Crippen MR) is 96.2 cm³/mol. The summed E-state index contributed by atoms with van der Waals surface area (Å²) in [6, 6.07) is 7.71. The lowest BCUT2D eigenvalue weighted by atomic mass is 10.1. The quantitative estimate of drug-likeness (QED) is 0.833. The Kier molecular flexibility index (Phi) is 5.83. The molecule has 0 atom stereocenters. The molecule has 25 heavy (non-hydrogen) atoms. The number of aromatic nitrogens is 2. The predicted octanol–water partition coefficient (Wildman–Crippen LogP) is 1.91.